The molecule has 0 radical (unpaired) electrons. The van der Waals surface area contributed by atoms with Gasteiger partial charge in [0, 0.05) is 5.56 Å². The molecule has 0 amide bonds. The second-order valence-electron chi connectivity index (χ2n) is 6.35. The van der Waals surface area contributed by atoms with Crippen molar-refractivity contribution < 1.29 is 18.8 Å². The van der Waals surface area contributed by atoms with E-state index in [4.69, 9.17) is 19.3 Å². The first-order valence-corrected chi connectivity index (χ1v) is 8.77. The van der Waals surface area contributed by atoms with Gasteiger partial charge in [0.2, 0.25) is 5.82 Å². The molecule has 0 saturated carbocycles. The maximum atomic E-state index is 11.8. The summed E-state index contributed by atoms with van der Waals surface area (Å²) in [7, 11) is 0. The molecule has 1 heterocycles. The number of carbonyl (C=O) groups is 1. The van der Waals surface area contributed by atoms with Gasteiger partial charge in [-0.2, -0.15) is 10.2 Å². The third-order valence-electron chi connectivity index (χ3n) is 4.01. The number of hydrogen-bond donors (Lipinski definition) is 0. The van der Waals surface area contributed by atoms with Crippen LogP contribution in [-0.4, -0.2) is 22.7 Å². The fraction of sp³-hybridized carbons (Fsp3) is 0.238. The number of hydrogen-bond acceptors (Lipinski definition) is 7. The molecule has 7 nitrogen and oxygen atoms in total. The van der Waals surface area contributed by atoms with Crippen LogP contribution in [0, 0.1) is 11.3 Å². The minimum Gasteiger partial charge on any atom is -0.481 e. The summed E-state index contributed by atoms with van der Waals surface area (Å²) in [5.41, 5.74) is 2.39. The monoisotopic (exact) mass is 377 g/mol. The largest absolute Gasteiger partial charge is 0.481 e. The van der Waals surface area contributed by atoms with Gasteiger partial charge in [0.15, 0.2) is 13.2 Å². The van der Waals surface area contributed by atoms with Crippen molar-refractivity contribution in [2.45, 2.75) is 26.4 Å². The van der Waals surface area contributed by atoms with Gasteiger partial charge in [-0.05, 0) is 23.6 Å². The SMILES string of the molecule is CC(C)c1ccc(-c2noc(COC(=O)COc3ccccc3C#N)n2)cc1. The summed E-state index contributed by atoms with van der Waals surface area (Å²) in [5.74, 6) is 0.784. The predicted octanol–water partition coefficient (Wildman–Crippen LogP) is 3.85. The molecule has 0 spiro atoms. The highest BCUT2D eigenvalue weighted by atomic mass is 16.6. The van der Waals surface area contributed by atoms with E-state index in [1.165, 1.54) is 5.56 Å². The molecule has 3 rings (SSSR count). The smallest absolute Gasteiger partial charge is 0.344 e. The first-order valence-electron chi connectivity index (χ1n) is 8.77. The third-order valence-corrected chi connectivity index (χ3v) is 4.01. The molecule has 7 heteroatoms. The Morgan fingerprint density at radius 3 is 2.64 bits per heavy atom. The van der Waals surface area contributed by atoms with Gasteiger partial charge in [-0.15, -0.1) is 0 Å². The lowest BCUT2D eigenvalue weighted by molar-refractivity contribution is -0.148. The summed E-state index contributed by atoms with van der Waals surface area (Å²) < 4.78 is 15.5. The molecule has 0 N–H and O–H groups in total. The first kappa shape index (κ1) is 19.1. The first-order chi connectivity index (χ1) is 13.6. The van der Waals surface area contributed by atoms with Crippen LogP contribution >= 0.6 is 0 Å². The molecular formula is C21H19N3O4. The fourth-order valence-corrected chi connectivity index (χ4v) is 2.45. The van der Waals surface area contributed by atoms with E-state index < -0.39 is 5.97 Å². The van der Waals surface area contributed by atoms with Gasteiger partial charge in [-0.3, -0.25) is 0 Å². The van der Waals surface area contributed by atoms with Crippen LogP contribution in [0.1, 0.15) is 36.8 Å². The van der Waals surface area contributed by atoms with Gasteiger partial charge < -0.3 is 14.0 Å². The third kappa shape index (κ3) is 4.74. The maximum Gasteiger partial charge on any atom is 0.344 e. The molecule has 0 unspecified atom stereocenters. The van der Waals surface area contributed by atoms with Crippen molar-refractivity contribution in [2.75, 3.05) is 6.61 Å². The van der Waals surface area contributed by atoms with Crippen molar-refractivity contribution in [1.82, 2.24) is 10.1 Å². The Bertz CT molecular complexity index is 987. The van der Waals surface area contributed by atoms with E-state index in [-0.39, 0.29) is 19.1 Å². The van der Waals surface area contributed by atoms with Crippen molar-refractivity contribution in [3.63, 3.8) is 0 Å². The molecule has 3 aromatic rings. The molecule has 0 bridgehead atoms. The summed E-state index contributed by atoms with van der Waals surface area (Å²) in [6.07, 6.45) is 0. The van der Waals surface area contributed by atoms with Crippen LogP contribution in [-0.2, 0) is 16.1 Å². The van der Waals surface area contributed by atoms with Crippen LogP contribution in [0.25, 0.3) is 11.4 Å². The van der Waals surface area contributed by atoms with Gasteiger partial charge in [0.25, 0.3) is 5.89 Å². The highest BCUT2D eigenvalue weighted by molar-refractivity contribution is 5.71. The second kappa shape index (κ2) is 8.82. The van der Waals surface area contributed by atoms with E-state index in [1.807, 2.05) is 30.3 Å². The molecule has 2 aromatic carbocycles. The standard InChI is InChI=1S/C21H19N3O4/c1-14(2)15-7-9-16(10-8-15)21-23-19(28-24-21)12-27-20(25)13-26-18-6-4-3-5-17(18)11-22/h3-10,14H,12-13H2,1-2H3. The van der Waals surface area contributed by atoms with E-state index in [9.17, 15) is 4.79 Å². The summed E-state index contributed by atoms with van der Waals surface area (Å²) in [6, 6.07) is 16.5. The minimum atomic E-state index is -0.603. The molecule has 0 saturated heterocycles. The van der Waals surface area contributed by atoms with Crippen LogP contribution in [0.2, 0.25) is 0 Å². The number of nitriles is 1. The summed E-state index contributed by atoms with van der Waals surface area (Å²) >= 11 is 0. The summed E-state index contributed by atoms with van der Waals surface area (Å²) in [5, 5.41) is 12.9. The van der Waals surface area contributed by atoms with E-state index >= 15 is 0 Å². The molecule has 0 atom stereocenters. The van der Waals surface area contributed by atoms with Crippen LogP contribution in [0.3, 0.4) is 0 Å². The molecule has 0 aliphatic rings. The lowest BCUT2D eigenvalue weighted by Crippen LogP contribution is -2.15. The predicted molar refractivity (Wildman–Crippen MR) is 100 cm³/mol. The molecule has 142 valence electrons. The fourth-order valence-electron chi connectivity index (χ4n) is 2.45. The van der Waals surface area contributed by atoms with Crippen molar-refractivity contribution in [3.05, 3.63) is 65.5 Å². The lowest BCUT2D eigenvalue weighted by atomic mass is 10.0. The van der Waals surface area contributed by atoms with Crippen molar-refractivity contribution >= 4 is 5.97 Å². The molecule has 1 aromatic heterocycles. The van der Waals surface area contributed by atoms with E-state index in [0.29, 0.717) is 23.1 Å². The number of aromatic nitrogens is 2. The quantitative estimate of drug-likeness (QED) is 0.577. The minimum absolute atomic E-state index is 0.154. The normalized spacial score (nSPS) is 10.5. The number of para-hydroxylation sites is 1. The second-order valence-corrected chi connectivity index (χ2v) is 6.35. The van der Waals surface area contributed by atoms with Gasteiger partial charge in [0.05, 0.1) is 5.56 Å². The molecule has 0 aliphatic carbocycles. The average Bonchev–Trinajstić information content (AvgIpc) is 3.20. The van der Waals surface area contributed by atoms with Crippen LogP contribution in [0.5, 0.6) is 5.75 Å². The number of ether oxygens (including phenoxy) is 2. The summed E-state index contributed by atoms with van der Waals surface area (Å²) in [4.78, 5) is 16.1. The molecule has 0 aliphatic heterocycles. The zero-order valence-corrected chi connectivity index (χ0v) is 15.6. The number of benzene rings is 2. The lowest BCUT2D eigenvalue weighted by Gasteiger charge is -2.06. The Hall–Kier alpha value is -3.66. The van der Waals surface area contributed by atoms with Crippen LogP contribution in [0.15, 0.2) is 53.1 Å². The van der Waals surface area contributed by atoms with E-state index in [2.05, 4.69) is 24.0 Å². The Labute approximate surface area is 162 Å². The Balaban J connectivity index is 1.52. The number of carbonyl (C=O) groups excluding carboxylic acids is 1. The Morgan fingerprint density at radius 1 is 1.18 bits per heavy atom. The highest BCUT2D eigenvalue weighted by Gasteiger charge is 2.13. The van der Waals surface area contributed by atoms with Crippen molar-refractivity contribution in [2.24, 2.45) is 0 Å². The molecule has 28 heavy (non-hydrogen) atoms. The topological polar surface area (TPSA) is 98.2 Å². The van der Waals surface area contributed by atoms with Gasteiger partial charge >= 0.3 is 5.97 Å². The van der Waals surface area contributed by atoms with E-state index in [0.717, 1.165) is 5.56 Å². The Kier molecular flexibility index (Phi) is 6.02. The highest BCUT2D eigenvalue weighted by Crippen LogP contribution is 2.21. The number of esters is 1. The number of nitrogens with zero attached hydrogens (tertiary/aromatic N) is 3. The maximum absolute atomic E-state index is 11.8. The van der Waals surface area contributed by atoms with Crippen molar-refractivity contribution in [1.29, 1.82) is 5.26 Å². The van der Waals surface area contributed by atoms with Crippen LogP contribution in [0.4, 0.5) is 0 Å². The summed E-state index contributed by atoms with van der Waals surface area (Å²) in [6.45, 7) is 3.77. The van der Waals surface area contributed by atoms with Crippen molar-refractivity contribution in [3.8, 4) is 23.2 Å². The zero-order valence-electron chi connectivity index (χ0n) is 15.6. The number of rotatable bonds is 7. The van der Waals surface area contributed by atoms with E-state index in [1.54, 1.807) is 24.3 Å². The van der Waals surface area contributed by atoms with Gasteiger partial charge in [0.1, 0.15) is 11.8 Å². The van der Waals surface area contributed by atoms with Crippen LogP contribution < -0.4 is 4.74 Å². The molecule has 0 fully saturated rings. The Morgan fingerprint density at radius 2 is 1.93 bits per heavy atom. The zero-order chi connectivity index (χ0) is 19.9. The van der Waals surface area contributed by atoms with Gasteiger partial charge in [-0.25, -0.2) is 4.79 Å². The van der Waals surface area contributed by atoms with Gasteiger partial charge in [-0.1, -0.05) is 55.4 Å². The molecular weight excluding hydrogens is 358 g/mol. The average molecular weight is 377 g/mol.